The molecule has 1 unspecified atom stereocenters. The van der Waals surface area contributed by atoms with Crippen LogP contribution in [-0.2, 0) is 11.8 Å². The van der Waals surface area contributed by atoms with Gasteiger partial charge in [-0.1, -0.05) is 18.6 Å². The highest BCUT2D eigenvalue weighted by molar-refractivity contribution is 6.14. The van der Waals surface area contributed by atoms with Crippen molar-refractivity contribution in [3.8, 4) is 33.9 Å². The van der Waals surface area contributed by atoms with Crippen LogP contribution in [0.3, 0.4) is 0 Å². The smallest absolute Gasteiger partial charge is 0.146 e. The fraction of sp³-hybridized carbons (Fsp3) is 0.387. The second kappa shape index (κ2) is 12.3. The van der Waals surface area contributed by atoms with Crippen LogP contribution < -0.4 is 9.47 Å². The number of pyridine rings is 2. The van der Waals surface area contributed by atoms with Crippen LogP contribution in [0.4, 0.5) is 0 Å². The molecule has 1 saturated heterocycles. The quantitative estimate of drug-likeness (QED) is 0.230. The summed E-state index contributed by atoms with van der Waals surface area (Å²) in [5.74, 6) is 1.38. The number of rotatable bonds is 11. The van der Waals surface area contributed by atoms with Gasteiger partial charge in [-0.3, -0.25) is 9.67 Å². The molecule has 10 heteroatoms. The molecule has 4 aromatic heterocycles. The van der Waals surface area contributed by atoms with Crippen molar-refractivity contribution in [3.63, 3.8) is 0 Å². The number of β-amino-alcohol motifs (C(OH)–C–C–N with tert-alkyl or cyclic N) is 1. The number of likely N-dealkylation sites (tertiary alicyclic amines) is 1. The summed E-state index contributed by atoms with van der Waals surface area (Å²) in [6.45, 7) is 3.87. The third-order valence-electron chi connectivity index (χ3n) is 7.52. The molecule has 1 aliphatic rings. The van der Waals surface area contributed by atoms with E-state index in [4.69, 9.17) is 14.2 Å². The second-order valence-electron chi connectivity index (χ2n) is 10.6. The molecule has 6 rings (SSSR count). The molecule has 0 saturated carbocycles. The van der Waals surface area contributed by atoms with Crippen LogP contribution in [0.15, 0.2) is 55.1 Å². The van der Waals surface area contributed by atoms with Crippen LogP contribution in [0.5, 0.6) is 11.5 Å². The zero-order valence-corrected chi connectivity index (χ0v) is 23.5. The Kier molecular flexibility index (Phi) is 8.13. The molecule has 214 valence electrons. The summed E-state index contributed by atoms with van der Waals surface area (Å²) < 4.78 is 19.1. The van der Waals surface area contributed by atoms with Crippen molar-refractivity contribution in [1.29, 1.82) is 0 Å². The maximum Gasteiger partial charge on any atom is 0.146 e. The Hall–Kier alpha value is -3.99. The molecular formula is C31H36N6O4. The molecule has 0 spiro atoms. The molecule has 1 fully saturated rings. The number of aromatic amines is 1. The van der Waals surface area contributed by atoms with Gasteiger partial charge in [-0.15, -0.1) is 0 Å². The Balaban J connectivity index is 1.31. The molecule has 1 atom stereocenters. The number of aliphatic hydroxyl groups excluding tert-OH is 1. The van der Waals surface area contributed by atoms with E-state index in [1.54, 1.807) is 18.0 Å². The molecule has 10 nitrogen and oxygen atoms in total. The number of ether oxygens (including phenoxy) is 3. The standard InChI is InChI=1S/C31H36N6O4/c1-36-18-22(15-34-36)26-14-25-27(16-32-26)35-31-30(25)29(28(17-33-31)40-13-12-39-2)21-6-8-24(9-7-21)41-20-23(38)19-37-10-4-3-5-11-37/h6-9,14-18,23,38H,3-5,10-13,19-20H2,1-2H3,(H,33,35). The summed E-state index contributed by atoms with van der Waals surface area (Å²) in [7, 11) is 3.54. The normalized spacial score (nSPS) is 15.0. The number of methoxy groups -OCH3 is 1. The number of nitrogens with zero attached hydrogens (tertiary/aromatic N) is 5. The van der Waals surface area contributed by atoms with Gasteiger partial charge >= 0.3 is 0 Å². The van der Waals surface area contributed by atoms with E-state index in [0.717, 1.165) is 57.4 Å². The van der Waals surface area contributed by atoms with Crippen LogP contribution in [-0.4, -0.2) is 87.4 Å². The fourth-order valence-corrected chi connectivity index (χ4v) is 5.49. The Morgan fingerprint density at radius 3 is 2.56 bits per heavy atom. The van der Waals surface area contributed by atoms with Crippen LogP contribution in [0, 0.1) is 0 Å². The Labute approximate surface area is 238 Å². The number of benzene rings is 1. The first-order valence-electron chi connectivity index (χ1n) is 14.1. The fourth-order valence-electron chi connectivity index (χ4n) is 5.49. The zero-order valence-electron chi connectivity index (χ0n) is 23.5. The summed E-state index contributed by atoms with van der Waals surface area (Å²) in [5.41, 5.74) is 5.30. The topological polar surface area (TPSA) is 111 Å². The minimum absolute atomic E-state index is 0.257. The number of aromatic nitrogens is 5. The van der Waals surface area contributed by atoms with Gasteiger partial charge < -0.3 is 29.2 Å². The monoisotopic (exact) mass is 556 g/mol. The molecular weight excluding hydrogens is 520 g/mol. The van der Waals surface area contributed by atoms with Crippen LogP contribution >= 0.6 is 0 Å². The largest absolute Gasteiger partial charge is 0.491 e. The van der Waals surface area contributed by atoms with E-state index < -0.39 is 6.10 Å². The van der Waals surface area contributed by atoms with Crippen molar-refractivity contribution in [2.75, 3.05) is 46.6 Å². The van der Waals surface area contributed by atoms with Crippen LogP contribution in [0.25, 0.3) is 44.3 Å². The van der Waals surface area contributed by atoms with E-state index in [9.17, 15) is 5.11 Å². The van der Waals surface area contributed by atoms with E-state index in [1.807, 2.05) is 49.9 Å². The Bertz CT molecular complexity index is 1610. The van der Waals surface area contributed by atoms with Gasteiger partial charge in [0.15, 0.2) is 0 Å². The van der Waals surface area contributed by atoms with Crippen molar-refractivity contribution in [1.82, 2.24) is 29.6 Å². The molecule has 1 aliphatic heterocycles. The number of aliphatic hydroxyl groups is 1. The molecule has 5 aromatic rings. The number of nitrogens with one attached hydrogen (secondary N) is 1. The minimum Gasteiger partial charge on any atom is -0.491 e. The van der Waals surface area contributed by atoms with Gasteiger partial charge in [0.05, 0.1) is 36.4 Å². The van der Waals surface area contributed by atoms with Crippen molar-refractivity contribution in [2.24, 2.45) is 7.05 Å². The Morgan fingerprint density at radius 1 is 0.976 bits per heavy atom. The number of piperidine rings is 1. The van der Waals surface area contributed by atoms with E-state index >= 15 is 0 Å². The first kappa shape index (κ1) is 27.2. The lowest BCUT2D eigenvalue weighted by Crippen LogP contribution is -2.38. The van der Waals surface area contributed by atoms with Crippen molar-refractivity contribution in [3.05, 3.63) is 55.1 Å². The van der Waals surface area contributed by atoms with Crippen LogP contribution in [0.1, 0.15) is 19.3 Å². The number of H-pyrrole nitrogens is 1. The first-order chi connectivity index (χ1) is 20.1. The second-order valence-corrected chi connectivity index (χ2v) is 10.6. The van der Waals surface area contributed by atoms with Gasteiger partial charge in [-0.2, -0.15) is 5.10 Å². The number of aryl methyl sites for hydroxylation is 1. The molecule has 41 heavy (non-hydrogen) atoms. The molecule has 0 bridgehead atoms. The molecule has 0 aliphatic carbocycles. The summed E-state index contributed by atoms with van der Waals surface area (Å²) in [6.07, 6.45) is 10.5. The number of fused-ring (bicyclic) bond motifs is 3. The maximum atomic E-state index is 10.5. The number of hydrogen-bond acceptors (Lipinski definition) is 8. The first-order valence-corrected chi connectivity index (χ1v) is 14.1. The maximum absolute atomic E-state index is 10.5. The third kappa shape index (κ3) is 6.04. The predicted molar refractivity (Wildman–Crippen MR) is 158 cm³/mol. The van der Waals surface area contributed by atoms with Gasteiger partial charge in [0.1, 0.15) is 36.5 Å². The average Bonchev–Trinajstić information content (AvgIpc) is 3.60. The molecule has 0 radical (unpaired) electrons. The van der Waals surface area contributed by atoms with E-state index in [1.165, 1.54) is 19.3 Å². The summed E-state index contributed by atoms with van der Waals surface area (Å²) in [5, 5.41) is 16.8. The van der Waals surface area contributed by atoms with E-state index in [-0.39, 0.29) is 6.61 Å². The Morgan fingerprint density at radius 2 is 1.80 bits per heavy atom. The van der Waals surface area contributed by atoms with Crippen molar-refractivity contribution < 1.29 is 19.3 Å². The van der Waals surface area contributed by atoms with E-state index in [0.29, 0.717) is 31.3 Å². The minimum atomic E-state index is -0.526. The summed E-state index contributed by atoms with van der Waals surface area (Å²) in [6, 6.07) is 9.98. The van der Waals surface area contributed by atoms with Gasteiger partial charge in [0, 0.05) is 48.8 Å². The molecule has 0 amide bonds. The summed E-state index contributed by atoms with van der Waals surface area (Å²) in [4.78, 5) is 15.1. The lowest BCUT2D eigenvalue weighted by Gasteiger charge is -2.28. The van der Waals surface area contributed by atoms with Gasteiger partial charge in [0.2, 0.25) is 0 Å². The summed E-state index contributed by atoms with van der Waals surface area (Å²) >= 11 is 0. The van der Waals surface area contributed by atoms with E-state index in [2.05, 4.69) is 31.0 Å². The zero-order chi connectivity index (χ0) is 28.2. The predicted octanol–water partition coefficient (Wildman–Crippen LogP) is 4.43. The lowest BCUT2D eigenvalue weighted by atomic mass is 10.00. The highest BCUT2D eigenvalue weighted by atomic mass is 16.5. The van der Waals surface area contributed by atoms with Crippen molar-refractivity contribution >= 4 is 21.9 Å². The third-order valence-corrected chi connectivity index (χ3v) is 7.52. The SMILES string of the molecule is COCCOc1cnc2[nH]c3cnc(-c4cnn(C)c4)cc3c2c1-c1ccc(OCC(O)CN2CCCCC2)cc1. The highest BCUT2D eigenvalue weighted by Gasteiger charge is 2.19. The average molecular weight is 557 g/mol. The molecule has 5 heterocycles. The van der Waals surface area contributed by atoms with Crippen LogP contribution in [0.2, 0.25) is 0 Å². The van der Waals surface area contributed by atoms with Gasteiger partial charge in [-0.25, -0.2) is 4.98 Å². The van der Waals surface area contributed by atoms with Crippen molar-refractivity contribution in [2.45, 2.75) is 25.4 Å². The van der Waals surface area contributed by atoms with Gasteiger partial charge in [0.25, 0.3) is 0 Å². The van der Waals surface area contributed by atoms with Gasteiger partial charge in [-0.05, 0) is 49.7 Å². The molecule has 1 aromatic carbocycles. The number of hydrogen-bond donors (Lipinski definition) is 2. The highest BCUT2D eigenvalue weighted by Crippen LogP contribution is 2.41. The lowest BCUT2D eigenvalue weighted by molar-refractivity contribution is 0.0617. The molecule has 2 N–H and O–H groups in total.